The summed E-state index contributed by atoms with van der Waals surface area (Å²) < 4.78 is 11.6. The number of allylic oxidation sites excluding steroid dienone is 2. The lowest BCUT2D eigenvalue weighted by Crippen LogP contribution is -2.42. The van der Waals surface area contributed by atoms with Crippen molar-refractivity contribution in [3.63, 3.8) is 0 Å². The molecule has 0 unspecified atom stereocenters. The molecule has 0 radical (unpaired) electrons. The van der Waals surface area contributed by atoms with Gasteiger partial charge in [0, 0.05) is 6.42 Å². The van der Waals surface area contributed by atoms with Crippen LogP contribution in [0.2, 0.25) is 0 Å². The Morgan fingerprint density at radius 3 is 2.10 bits per heavy atom. The summed E-state index contributed by atoms with van der Waals surface area (Å²) in [6, 6.07) is 26.8. The zero-order valence-corrected chi connectivity index (χ0v) is 28.0. The standard InChI is InChI=1S/C40H50N2O6/c1-4-6-9-19-35(24-31-15-10-7-11-16-31)40(46)48-30(3)27-41-39(45)34(14-5-2)26-38(44)42-36(28-43)25-32-20-22-37(23-21-32)47-29-33-17-12-8-13-18-33/h4-5,7-8,10-13,15-18,20-23,30,34-36,43H,1-2,6,9,14,19,24-29H2,3H3,(H,41,45)(H,42,44)/t30-,34-,35+,36-/m0/s1. The molecular weight excluding hydrogens is 604 g/mol. The van der Waals surface area contributed by atoms with E-state index >= 15 is 0 Å². The average molecular weight is 655 g/mol. The predicted molar refractivity (Wildman–Crippen MR) is 189 cm³/mol. The first-order valence-electron chi connectivity index (χ1n) is 16.7. The number of unbranched alkanes of at least 4 members (excludes halogenated alkanes) is 1. The predicted octanol–water partition coefficient (Wildman–Crippen LogP) is 6.13. The summed E-state index contributed by atoms with van der Waals surface area (Å²) in [5, 5.41) is 15.7. The summed E-state index contributed by atoms with van der Waals surface area (Å²) in [5.74, 6) is -1.20. The van der Waals surface area contributed by atoms with Gasteiger partial charge >= 0.3 is 5.97 Å². The third-order valence-electron chi connectivity index (χ3n) is 7.99. The molecule has 8 nitrogen and oxygen atoms in total. The van der Waals surface area contributed by atoms with Crippen LogP contribution in [0.5, 0.6) is 5.75 Å². The maximum Gasteiger partial charge on any atom is 0.309 e. The third-order valence-corrected chi connectivity index (χ3v) is 7.99. The molecule has 0 fully saturated rings. The monoisotopic (exact) mass is 654 g/mol. The minimum absolute atomic E-state index is 0.0722. The van der Waals surface area contributed by atoms with Gasteiger partial charge in [0.05, 0.1) is 31.0 Å². The Labute approximate surface area is 285 Å². The molecule has 3 aromatic carbocycles. The second-order valence-corrected chi connectivity index (χ2v) is 12.1. The summed E-state index contributed by atoms with van der Waals surface area (Å²) in [6.07, 6.45) is 6.45. The van der Waals surface area contributed by atoms with E-state index in [4.69, 9.17) is 9.47 Å². The van der Waals surface area contributed by atoms with Crippen LogP contribution in [0.4, 0.5) is 0 Å². The van der Waals surface area contributed by atoms with E-state index in [1.54, 1.807) is 13.0 Å². The smallest absolute Gasteiger partial charge is 0.309 e. The second kappa shape index (κ2) is 21.2. The van der Waals surface area contributed by atoms with E-state index in [1.807, 2.05) is 91.0 Å². The van der Waals surface area contributed by atoms with Gasteiger partial charge in [-0.25, -0.2) is 0 Å². The van der Waals surface area contributed by atoms with E-state index in [0.717, 1.165) is 35.3 Å². The molecule has 48 heavy (non-hydrogen) atoms. The number of ether oxygens (including phenoxy) is 2. The van der Waals surface area contributed by atoms with Crippen molar-refractivity contribution in [1.29, 1.82) is 0 Å². The number of benzene rings is 3. The Morgan fingerprint density at radius 1 is 0.833 bits per heavy atom. The summed E-state index contributed by atoms with van der Waals surface area (Å²) in [6.45, 7) is 9.58. The van der Waals surface area contributed by atoms with Gasteiger partial charge in [-0.3, -0.25) is 14.4 Å². The van der Waals surface area contributed by atoms with Crippen LogP contribution in [0.1, 0.15) is 55.7 Å². The molecule has 8 heteroatoms. The van der Waals surface area contributed by atoms with Gasteiger partial charge in [0.25, 0.3) is 0 Å². The molecule has 2 amide bonds. The van der Waals surface area contributed by atoms with Crippen LogP contribution in [-0.2, 0) is 38.6 Å². The molecule has 256 valence electrons. The fraction of sp³-hybridized carbons (Fsp3) is 0.375. The van der Waals surface area contributed by atoms with Crippen LogP contribution in [0.15, 0.2) is 110 Å². The second-order valence-electron chi connectivity index (χ2n) is 12.1. The minimum Gasteiger partial charge on any atom is -0.489 e. The number of aliphatic hydroxyl groups excluding tert-OH is 1. The third kappa shape index (κ3) is 14.0. The molecule has 0 spiro atoms. The first-order chi connectivity index (χ1) is 23.3. The maximum atomic E-state index is 13.1. The number of rotatable bonds is 22. The van der Waals surface area contributed by atoms with Crippen molar-refractivity contribution >= 4 is 17.8 Å². The van der Waals surface area contributed by atoms with Gasteiger partial charge in [-0.2, -0.15) is 0 Å². The number of aliphatic hydroxyl groups is 1. The van der Waals surface area contributed by atoms with Crippen LogP contribution in [-0.4, -0.2) is 48.2 Å². The minimum atomic E-state index is -0.657. The molecule has 3 aromatic rings. The number of hydrogen-bond acceptors (Lipinski definition) is 6. The molecule has 0 heterocycles. The topological polar surface area (TPSA) is 114 Å². The number of esters is 1. The number of hydrogen-bond donors (Lipinski definition) is 3. The van der Waals surface area contributed by atoms with Crippen LogP contribution in [0.3, 0.4) is 0 Å². The van der Waals surface area contributed by atoms with Gasteiger partial charge in [0.2, 0.25) is 11.8 Å². The molecule has 0 aliphatic heterocycles. The highest BCUT2D eigenvalue weighted by atomic mass is 16.5. The molecule has 4 atom stereocenters. The number of carbonyl (C=O) groups is 3. The fourth-order valence-electron chi connectivity index (χ4n) is 5.34. The van der Waals surface area contributed by atoms with Crippen molar-refractivity contribution in [3.8, 4) is 5.75 Å². The Balaban J connectivity index is 1.46. The van der Waals surface area contributed by atoms with Gasteiger partial charge < -0.3 is 25.2 Å². The Morgan fingerprint density at radius 2 is 1.48 bits per heavy atom. The van der Waals surface area contributed by atoms with Crippen molar-refractivity contribution < 1.29 is 29.0 Å². The van der Waals surface area contributed by atoms with E-state index in [9.17, 15) is 19.5 Å². The van der Waals surface area contributed by atoms with E-state index in [-0.39, 0.29) is 43.3 Å². The first-order valence-corrected chi connectivity index (χ1v) is 16.7. The molecule has 0 bridgehead atoms. The molecule has 0 saturated heterocycles. The highest BCUT2D eigenvalue weighted by molar-refractivity contribution is 5.86. The van der Waals surface area contributed by atoms with Gasteiger partial charge in [-0.1, -0.05) is 84.9 Å². The molecule has 3 rings (SSSR count). The van der Waals surface area contributed by atoms with Crippen LogP contribution in [0.25, 0.3) is 0 Å². The van der Waals surface area contributed by atoms with E-state index in [0.29, 0.717) is 32.3 Å². The zero-order valence-electron chi connectivity index (χ0n) is 28.0. The summed E-state index contributed by atoms with van der Waals surface area (Å²) >= 11 is 0. The lowest BCUT2D eigenvalue weighted by molar-refractivity contribution is -0.153. The van der Waals surface area contributed by atoms with E-state index < -0.39 is 18.1 Å². The highest BCUT2D eigenvalue weighted by Gasteiger charge is 2.25. The molecule has 0 aliphatic rings. The van der Waals surface area contributed by atoms with E-state index in [2.05, 4.69) is 23.8 Å². The van der Waals surface area contributed by atoms with Crippen molar-refractivity contribution in [2.45, 2.75) is 70.6 Å². The van der Waals surface area contributed by atoms with Crippen molar-refractivity contribution in [2.75, 3.05) is 13.2 Å². The lowest BCUT2D eigenvalue weighted by Gasteiger charge is -2.22. The molecule has 0 saturated carbocycles. The van der Waals surface area contributed by atoms with Gasteiger partial charge in [0.15, 0.2) is 0 Å². The molecule has 0 aromatic heterocycles. The summed E-state index contributed by atoms with van der Waals surface area (Å²) in [4.78, 5) is 39.1. The lowest BCUT2D eigenvalue weighted by atomic mass is 9.94. The maximum absolute atomic E-state index is 13.1. The average Bonchev–Trinajstić information content (AvgIpc) is 3.10. The highest BCUT2D eigenvalue weighted by Crippen LogP contribution is 2.19. The van der Waals surface area contributed by atoms with Gasteiger partial charge in [-0.05, 0) is 74.3 Å². The quantitative estimate of drug-likeness (QED) is 0.0683. The Bertz CT molecular complexity index is 1410. The van der Waals surface area contributed by atoms with E-state index in [1.165, 1.54) is 0 Å². The fourth-order valence-corrected chi connectivity index (χ4v) is 5.34. The number of carbonyl (C=O) groups excluding carboxylic acids is 3. The number of nitrogens with one attached hydrogen (secondary N) is 2. The first kappa shape index (κ1) is 37.8. The SMILES string of the molecule is C=CCCC[C@H](Cc1ccccc1)C(=O)O[C@@H](C)CNC(=O)[C@@H](CC=C)CC(=O)N[C@H](CO)Cc1ccc(OCc2ccccc2)cc1. The van der Waals surface area contributed by atoms with Crippen molar-refractivity contribution in [1.82, 2.24) is 10.6 Å². The number of amides is 2. The van der Waals surface area contributed by atoms with Crippen molar-refractivity contribution in [2.24, 2.45) is 11.8 Å². The van der Waals surface area contributed by atoms with Gasteiger partial charge in [0.1, 0.15) is 18.5 Å². The largest absolute Gasteiger partial charge is 0.489 e. The normalized spacial score (nSPS) is 13.3. The van der Waals surface area contributed by atoms with Gasteiger partial charge in [-0.15, -0.1) is 13.2 Å². The molecule has 3 N–H and O–H groups in total. The molecular formula is C40H50N2O6. The zero-order chi connectivity index (χ0) is 34.6. The van der Waals surface area contributed by atoms with Crippen LogP contribution >= 0.6 is 0 Å². The molecule has 0 aliphatic carbocycles. The van der Waals surface area contributed by atoms with Crippen LogP contribution < -0.4 is 15.4 Å². The van der Waals surface area contributed by atoms with Crippen LogP contribution in [0, 0.1) is 11.8 Å². The summed E-state index contributed by atoms with van der Waals surface area (Å²) in [5.41, 5.74) is 3.07. The van der Waals surface area contributed by atoms with Crippen molar-refractivity contribution in [3.05, 3.63) is 127 Å². The Hall–Kier alpha value is -4.69. The Kier molecular flexibility index (Phi) is 16.7. The summed E-state index contributed by atoms with van der Waals surface area (Å²) in [7, 11) is 0.